The summed E-state index contributed by atoms with van der Waals surface area (Å²) in [5, 5.41) is 3.41. The minimum atomic E-state index is 0.497. The van der Waals surface area contributed by atoms with Gasteiger partial charge in [0.25, 0.3) is 0 Å². The number of rotatable bonds is 7. The second-order valence-electron chi connectivity index (χ2n) is 6.51. The van der Waals surface area contributed by atoms with E-state index >= 15 is 0 Å². The zero-order valence-electron chi connectivity index (χ0n) is 13.5. The molecule has 1 aliphatic rings. The lowest BCUT2D eigenvalue weighted by Gasteiger charge is -2.15. The molecular formula is C17H30N2O. The van der Waals surface area contributed by atoms with Crippen LogP contribution in [0.15, 0.2) is 10.5 Å². The zero-order valence-corrected chi connectivity index (χ0v) is 13.5. The van der Waals surface area contributed by atoms with E-state index in [0.717, 1.165) is 30.5 Å². The van der Waals surface area contributed by atoms with Crippen LogP contribution in [0.3, 0.4) is 0 Å². The van der Waals surface area contributed by atoms with Crippen LogP contribution in [0.4, 0.5) is 0 Å². The lowest BCUT2D eigenvalue weighted by Crippen LogP contribution is -2.21. The van der Waals surface area contributed by atoms with E-state index < -0.39 is 0 Å². The van der Waals surface area contributed by atoms with Crippen LogP contribution in [-0.4, -0.2) is 24.0 Å². The fourth-order valence-electron chi connectivity index (χ4n) is 3.08. The average Bonchev–Trinajstić information content (AvgIpc) is 2.96. The van der Waals surface area contributed by atoms with Gasteiger partial charge in [-0.1, -0.05) is 27.2 Å². The highest BCUT2D eigenvalue weighted by Gasteiger charge is 2.22. The van der Waals surface area contributed by atoms with Gasteiger partial charge in [0.15, 0.2) is 0 Å². The van der Waals surface area contributed by atoms with Gasteiger partial charge < -0.3 is 9.73 Å². The third-order valence-corrected chi connectivity index (χ3v) is 4.22. The molecule has 0 bridgehead atoms. The first-order valence-electron chi connectivity index (χ1n) is 8.12. The molecule has 3 nitrogen and oxygen atoms in total. The summed E-state index contributed by atoms with van der Waals surface area (Å²) in [5.74, 6) is 3.06. The molecular weight excluding hydrogens is 248 g/mol. The molecule has 2 heterocycles. The van der Waals surface area contributed by atoms with E-state index in [2.05, 4.69) is 44.0 Å². The van der Waals surface area contributed by atoms with Crippen molar-refractivity contribution in [3.8, 4) is 0 Å². The highest BCUT2D eigenvalue weighted by atomic mass is 16.3. The van der Waals surface area contributed by atoms with Crippen LogP contribution in [0, 0.1) is 12.8 Å². The molecule has 0 amide bonds. The normalized spacial score (nSPS) is 20.1. The fourth-order valence-corrected chi connectivity index (χ4v) is 3.08. The van der Waals surface area contributed by atoms with Gasteiger partial charge in [0.2, 0.25) is 0 Å². The number of aryl methyl sites for hydroxylation is 1. The molecule has 2 rings (SSSR count). The van der Waals surface area contributed by atoms with E-state index in [4.69, 9.17) is 4.42 Å². The monoisotopic (exact) mass is 278 g/mol. The number of likely N-dealkylation sites (tertiary alicyclic amines) is 1. The van der Waals surface area contributed by atoms with Crippen LogP contribution in [0.2, 0.25) is 0 Å². The van der Waals surface area contributed by atoms with E-state index in [1.165, 1.54) is 37.9 Å². The van der Waals surface area contributed by atoms with Gasteiger partial charge in [-0.2, -0.15) is 0 Å². The lowest BCUT2D eigenvalue weighted by molar-refractivity contribution is 0.310. The summed E-state index contributed by atoms with van der Waals surface area (Å²) in [6.45, 7) is 13.1. The van der Waals surface area contributed by atoms with Gasteiger partial charge in [-0.05, 0) is 38.3 Å². The van der Waals surface area contributed by atoms with Crippen molar-refractivity contribution in [2.45, 2.75) is 66.1 Å². The molecule has 1 N–H and O–H groups in total. The average molecular weight is 278 g/mol. The van der Waals surface area contributed by atoms with Crippen LogP contribution in [0.5, 0.6) is 0 Å². The lowest BCUT2D eigenvalue weighted by atomic mass is 10.0. The molecule has 0 aromatic carbocycles. The van der Waals surface area contributed by atoms with E-state index in [1.54, 1.807) is 0 Å². The summed E-state index contributed by atoms with van der Waals surface area (Å²) in [6.07, 6.45) is 4.06. The number of nitrogens with one attached hydrogen (secondary N) is 1. The Labute approximate surface area is 123 Å². The molecule has 0 saturated carbocycles. The summed E-state index contributed by atoms with van der Waals surface area (Å²) >= 11 is 0. The Morgan fingerprint density at radius 3 is 2.95 bits per heavy atom. The molecule has 0 spiro atoms. The predicted molar refractivity (Wildman–Crippen MR) is 83.7 cm³/mol. The van der Waals surface area contributed by atoms with Crippen LogP contribution < -0.4 is 5.32 Å². The second-order valence-corrected chi connectivity index (χ2v) is 6.51. The SMILES string of the molecule is CCCC1CCN(Cc2cc(CNC(C)C)oc2C)C1. The number of nitrogens with zero attached hydrogens (tertiary/aromatic N) is 1. The first-order valence-corrected chi connectivity index (χ1v) is 8.12. The van der Waals surface area contributed by atoms with Crippen LogP contribution in [0.1, 0.15) is 57.1 Å². The van der Waals surface area contributed by atoms with E-state index in [9.17, 15) is 0 Å². The van der Waals surface area contributed by atoms with Gasteiger partial charge in [-0.15, -0.1) is 0 Å². The Morgan fingerprint density at radius 2 is 2.25 bits per heavy atom. The molecule has 20 heavy (non-hydrogen) atoms. The van der Waals surface area contributed by atoms with Crippen molar-refractivity contribution < 1.29 is 4.42 Å². The Bertz CT molecular complexity index is 411. The molecule has 114 valence electrons. The summed E-state index contributed by atoms with van der Waals surface area (Å²) in [6, 6.07) is 2.73. The van der Waals surface area contributed by atoms with Gasteiger partial charge in [-0.25, -0.2) is 0 Å². The molecule has 1 aromatic heterocycles. The van der Waals surface area contributed by atoms with Crippen molar-refractivity contribution in [2.75, 3.05) is 13.1 Å². The van der Waals surface area contributed by atoms with E-state index in [1.807, 2.05) is 0 Å². The third kappa shape index (κ3) is 4.35. The minimum absolute atomic E-state index is 0.497. The maximum Gasteiger partial charge on any atom is 0.118 e. The Balaban J connectivity index is 1.87. The molecule has 1 aliphatic heterocycles. The summed E-state index contributed by atoms with van der Waals surface area (Å²) < 4.78 is 5.86. The zero-order chi connectivity index (χ0) is 14.5. The smallest absolute Gasteiger partial charge is 0.118 e. The largest absolute Gasteiger partial charge is 0.465 e. The van der Waals surface area contributed by atoms with Crippen molar-refractivity contribution in [1.82, 2.24) is 10.2 Å². The number of furan rings is 1. The quantitative estimate of drug-likeness (QED) is 0.824. The van der Waals surface area contributed by atoms with Gasteiger partial charge >= 0.3 is 0 Å². The molecule has 1 aromatic rings. The first kappa shape index (κ1) is 15.6. The van der Waals surface area contributed by atoms with E-state index in [-0.39, 0.29) is 0 Å². The maximum atomic E-state index is 5.86. The van der Waals surface area contributed by atoms with Gasteiger partial charge in [-0.3, -0.25) is 4.90 Å². The molecule has 0 aliphatic carbocycles. The van der Waals surface area contributed by atoms with Crippen molar-refractivity contribution in [3.05, 3.63) is 23.2 Å². The standard InChI is InChI=1S/C17H30N2O/c1-5-6-15-7-8-19(11-15)12-16-9-17(20-14(16)4)10-18-13(2)3/h9,13,15,18H,5-8,10-12H2,1-4H3. The predicted octanol–water partition coefficient (Wildman–Crippen LogP) is 3.71. The molecule has 1 saturated heterocycles. The summed E-state index contributed by atoms with van der Waals surface area (Å²) in [5.41, 5.74) is 1.36. The second kappa shape index (κ2) is 7.28. The highest BCUT2D eigenvalue weighted by Crippen LogP contribution is 2.24. The Morgan fingerprint density at radius 1 is 1.45 bits per heavy atom. The Kier molecular flexibility index (Phi) is 5.67. The van der Waals surface area contributed by atoms with E-state index in [0.29, 0.717) is 6.04 Å². The van der Waals surface area contributed by atoms with Gasteiger partial charge in [0.1, 0.15) is 11.5 Å². The molecule has 1 unspecified atom stereocenters. The van der Waals surface area contributed by atoms with Crippen molar-refractivity contribution >= 4 is 0 Å². The molecule has 0 radical (unpaired) electrons. The van der Waals surface area contributed by atoms with Gasteiger partial charge in [0, 0.05) is 24.7 Å². The summed E-state index contributed by atoms with van der Waals surface area (Å²) in [4.78, 5) is 2.58. The topological polar surface area (TPSA) is 28.4 Å². The maximum absolute atomic E-state index is 5.86. The van der Waals surface area contributed by atoms with Crippen molar-refractivity contribution in [2.24, 2.45) is 5.92 Å². The van der Waals surface area contributed by atoms with Crippen LogP contribution >= 0.6 is 0 Å². The fraction of sp³-hybridized carbons (Fsp3) is 0.765. The molecule has 1 fully saturated rings. The van der Waals surface area contributed by atoms with Gasteiger partial charge in [0.05, 0.1) is 6.54 Å². The molecule has 3 heteroatoms. The van der Waals surface area contributed by atoms with Crippen molar-refractivity contribution in [1.29, 1.82) is 0 Å². The first-order chi connectivity index (χ1) is 9.58. The number of hydrogen-bond donors (Lipinski definition) is 1. The highest BCUT2D eigenvalue weighted by molar-refractivity contribution is 5.21. The van der Waals surface area contributed by atoms with Crippen molar-refractivity contribution in [3.63, 3.8) is 0 Å². The summed E-state index contributed by atoms with van der Waals surface area (Å²) in [7, 11) is 0. The van der Waals surface area contributed by atoms with Crippen LogP contribution in [-0.2, 0) is 13.1 Å². The molecule has 1 atom stereocenters. The Hall–Kier alpha value is -0.800. The van der Waals surface area contributed by atoms with Crippen LogP contribution in [0.25, 0.3) is 0 Å². The minimum Gasteiger partial charge on any atom is -0.465 e. The third-order valence-electron chi connectivity index (χ3n) is 4.22. The number of hydrogen-bond acceptors (Lipinski definition) is 3.